The van der Waals surface area contributed by atoms with Crippen molar-refractivity contribution in [2.24, 2.45) is 10.4 Å². The molecular formula is C19H33N3O2. The summed E-state index contributed by atoms with van der Waals surface area (Å²) in [5.41, 5.74) is 0.394. The Balaban J connectivity index is 1.92. The monoisotopic (exact) mass is 335 g/mol. The normalized spacial score (nSPS) is 19.2. The molecule has 1 saturated heterocycles. The lowest BCUT2D eigenvalue weighted by Gasteiger charge is -2.62. The van der Waals surface area contributed by atoms with Crippen LogP contribution in [0, 0.1) is 5.41 Å². The topological polar surface area (TPSA) is 50.0 Å². The molecule has 0 atom stereocenters. The molecule has 1 aromatic rings. The summed E-state index contributed by atoms with van der Waals surface area (Å²) in [5, 5.41) is 3.52. The Hall–Kier alpha value is -1.49. The van der Waals surface area contributed by atoms with Crippen LogP contribution in [0.1, 0.15) is 46.8 Å². The van der Waals surface area contributed by atoms with E-state index in [-0.39, 0.29) is 5.54 Å². The van der Waals surface area contributed by atoms with Gasteiger partial charge in [-0.15, -0.1) is 0 Å². The van der Waals surface area contributed by atoms with Gasteiger partial charge >= 0.3 is 0 Å². The molecule has 1 aliphatic rings. The van der Waals surface area contributed by atoms with Crippen molar-refractivity contribution < 1.29 is 9.15 Å². The van der Waals surface area contributed by atoms with E-state index in [1.54, 1.807) is 6.26 Å². The van der Waals surface area contributed by atoms with E-state index >= 15 is 0 Å². The third-order valence-corrected chi connectivity index (χ3v) is 5.29. The average molecular weight is 335 g/mol. The van der Waals surface area contributed by atoms with Gasteiger partial charge in [-0.05, 0) is 39.3 Å². The molecule has 2 heterocycles. The highest BCUT2D eigenvalue weighted by Crippen LogP contribution is 2.46. The second kappa shape index (κ2) is 8.06. The number of hydrogen-bond acceptors (Lipinski definition) is 3. The molecule has 0 aromatic carbocycles. The maximum absolute atomic E-state index is 5.41. The zero-order valence-corrected chi connectivity index (χ0v) is 15.9. The molecule has 5 heteroatoms. The van der Waals surface area contributed by atoms with E-state index in [2.05, 4.69) is 37.9 Å². The van der Waals surface area contributed by atoms with Crippen LogP contribution in [0.25, 0.3) is 0 Å². The molecule has 0 radical (unpaired) electrons. The molecule has 0 amide bonds. The Labute approximate surface area is 146 Å². The summed E-state index contributed by atoms with van der Waals surface area (Å²) in [6, 6.07) is 3.94. The first-order valence-electron chi connectivity index (χ1n) is 9.04. The number of likely N-dealkylation sites (tertiary alicyclic amines) is 1. The van der Waals surface area contributed by atoms with E-state index < -0.39 is 0 Å². The van der Waals surface area contributed by atoms with Crippen molar-refractivity contribution >= 4 is 5.96 Å². The fourth-order valence-corrected chi connectivity index (χ4v) is 2.89. The van der Waals surface area contributed by atoms with Crippen LogP contribution >= 0.6 is 0 Å². The Kier molecular flexibility index (Phi) is 6.33. The highest BCUT2D eigenvalue weighted by Gasteiger charge is 2.53. The quantitative estimate of drug-likeness (QED) is 0.450. The van der Waals surface area contributed by atoms with Crippen molar-refractivity contribution in [3.63, 3.8) is 0 Å². The second-order valence-corrected chi connectivity index (χ2v) is 7.54. The number of furan rings is 1. The van der Waals surface area contributed by atoms with Gasteiger partial charge in [-0.3, -0.25) is 4.99 Å². The highest BCUT2D eigenvalue weighted by atomic mass is 16.5. The molecule has 0 unspecified atom stereocenters. The smallest absolute Gasteiger partial charge is 0.194 e. The predicted molar refractivity (Wildman–Crippen MR) is 98.4 cm³/mol. The SMILES string of the molecule is CCOCCCN=C(NCCc1ccco1)N1CC(C)(C)C1(C)C. The molecule has 1 aromatic heterocycles. The Bertz CT molecular complexity index is 521. The molecule has 2 rings (SSSR count). The molecular weight excluding hydrogens is 302 g/mol. The molecule has 24 heavy (non-hydrogen) atoms. The second-order valence-electron chi connectivity index (χ2n) is 7.54. The summed E-state index contributed by atoms with van der Waals surface area (Å²) in [4.78, 5) is 7.20. The molecule has 0 aliphatic carbocycles. The molecule has 0 spiro atoms. The van der Waals surface area contributed by atoms with Gasteiger partial charge in [0.05, 0.1) is 6.26 Å². The van der Waals surface area contributed by atoms with Crippen LogP contribution in [-0.2, 0) is 11.2 Å². The first-order valence-corrected chi connectivity index (χ1v) is 9.04. The minimum Gasteiger partial charge on any atom is -0.469 e. The minimum absolute atomic E-state index is 0.101. The van der Waals surface area contributed by atoms with Gasteiger partial charge in [-0.2, -0.15) is 0 Å². The van der Waals surface area contributed by atoms with Crippen molar-refractivity contribution in [3.8, 4) is 0 Å². The third-order valence-electron chi connectivity index (χ3n) is 5.29. The zero-order valence-electron chi connectivity index (χ0n) is 15.9. The molecule has 1 fully saturated rings. The van der Waals surface area contributed by atoms with E-state index in [0.29, 0.717) is 5.41 Å². The molecule has 136 valence electrons. The maximum Gasteiger partial charge on any atom is 0.194 e. The van der Waals surface area contributed by atoms with E-state index in [1.165, 1.54) is 0 Å². The number of hydrogen-bond donors (Lipinski definition) is 1. The van der Waals surface area contributed by atoms with Crippen molar-refractivity contribution in [1.29, 1.82) is 0 Å². The fraction of sp³-hybridized carbons (Fsp3) is 0.737. The third kappa shape index (κ3) is 4.32. The molecule has 1 aliphatic heterocycles. The summed E-state index contributed by atoms with van der Waals surface area (Å²) in [5.74, 6) is 2.00. The van der Waals surface area contributed by atoms with E-state index in [0.717, 1.165) is 57.4 Å². The van der Waals surface area contributed by atoms with Crippen LogP contribution in [0.15, 0.2) is 27.8 Å². The van der Waals surface area contributed by atoms with Crippen molar-refractivity contribution in [3.05, 3.63) is 24.2 Å². The van der Waals surface area contributed by atoms with Crippen LogP contribution in [0.3, 0.4) is 0 Å². The molecule has 5 nitrogen and oxygen atoms in total. The first kappa shape index (κ1) is 18.8. The molecule has 0 saturated carbocycles. The van der Waals surface area contributed by atoms with Gasteiger partial charge < -0.3 is 19.4 Å². The van der Waals surface area contributed by atoms with E-state index in [1.807, 2.05) is 19.1 Å². The lowest BCUT2D eigenvalue weighted by atomic mass is 9.65. The minimum atomic E-state index is 0.101. The predicted octanol–water partition coefficient (Wildman–Crippen LogP) is 3.31. The van der Waals surface area contributed by atoms with Gasteiger partial charge in [0.1, 0.15) is 5.76 Å². The van der Waals surface area contributed by atoms with Gasteiger partial charge in [-0.25, -0.2) is 0 Å². The summed E-state index contributed by atoms with van der Waals surface area (Å²) in [7, 11) is 0. The average Bonchev–Trinajstić information content (AvgIpc) is 3.04. The van der Waals surface area contributed by atoms with Gasteiger partial charge in [0.15, 0.2) is 5.96 Å². The van der Waals surface area contributed by atoms with Crippen LogP contribution in [0.2, 0.25) is 0 Å². The molecule has 1 N–H and O–H groups in total. The summed E-state index contributed by atoms with van der Waals surface area (Å²) in [6.07, 6.45) is 3.54. The van der Waals surface area contributed by atoms with Gasteiger partial charge in [0.2, 0.25) is 0 Å². The number of ether oxygens (including phenoxy) is 1. The fourth-order valence-electron chi connectivity index (χ4n) is 2.89. The largest absolute Gasteiger partial charge is 0.469 e. The lowest BCUT2D eigenvalue weighted by Crippen LogP contribution is -2.72. The van der Waals surface area contributed by atoms with Crippen LogP contribution in [0.4, 0.5) is 0 Å². The van der Waals surface area contributed by atoms with Crippen LogP contribution < -0.4 is 5.32 Å². The van der Waals surface area contributed by atoms with Gasteiger partial charge in [0, 0.05) is 50.2 Å². The summed E-state index contributed by atoms with van der Waals surface area (Å²) >= 11 is 0. The number of guanidine groups is 1. The van der Waals surface area contributed by atoms with Crippen LogP contribution in [0.5, 0.6) is 0 Å². The summed E-state index contributed by atoms with van der Waals surface area (Å²) in [6.45, 7) is 15.4. The van der Waals surface area contributed by atoms with Crippen molar-refractivity contribution in [1.82, 2.24) is 10.2 Å². The number of nitrogens with zero attached hydrogens (tertiary/aromatic N) is 2. The Morgan fingerprint density at radius 3 is 2.75 bits per heavy atom. The first-order chi connectivity index (χ1) is 11.4. The van der Waals surface area contributed by atoms with E-state index in [4.69, 9.17) is 14.1 Å². The van der Waals surface area contributed by atoms with E-state index in [9.17, 15) is 0 Å². The summed E-state index contributed by atoms with van der Waals surface area (Å²) < 4.78 is 10.8. The number of rotatable bonds is 8. The van der Waals surface area contributed by atoms with Gasteiger partial charge in [-0.1, -0.05) is 13.8 Å². The van der Waals surface area contributed by atoms with Crippen molar-refractivity contribution in [2.45, 2.75) is 53.0 Å². The zero-order chi connectivity index (χ0) is 17.6. The number of nitrogens with one attached hydrogen (secondary N) is 1. The van der Waals surface area contributed by atoms with Gasteiger partial charge in [0.25, 0.3) is 0 Å². The lowest BCUT2D eigenvalue weighted by molar-refractivity contribution is -0.0668. The van der Waals surface area contributed by atoms with Crippen LogP contribution in [-0.4, -0.2) is 49.2 Å². The maximum atomic E-state index is 5.41. The van der Waals surface area contributed by atoms with Crippen molar-refractivity contribution in [2.75, 3.05) is 32.8 Å². The standard InChI is InChI=1S/C19H33N3O2/c1-6-23-13-8-11-20-17(21-12-10-16-9-7-14-24-16)22-15-18(2,3)19(22,4)5/h7,9,14H,6,8,10-13,15H2,1-5H3,(H,20,21). The molecule has 0 bridgehead atoms. The Morgan fingerprint density at radius 1 is 1.38 bits per heavy atom. The Morgan fingerprint density at radius 2 is 2.17 bits per heavy atom. The highest BCUT2D eigenvalue weighted by molar-refractivity contribution is 5.82. The number of aliphatic imine (C=N–C) groups is 1.